The van der Waals surface area contributed by atoms with Crippen LogP contribution in [0, 0.1) is 5.92 Å². The number of amides is 1. The highest BCUT2D eigenvalue weighted by molar-refractivity contribution is 7.99. The molecule has 0 spiro atoms. The average molecular weight is 295 g/mol. The summed E-state index contributed by atoms with van der Waals surface area (Å²) < 4.78 is 1.61. The van der Waals surface area contributed by atoms with Crippen LogP contribution in [-0.4, -0.2) is 49.4 Å². The number of likely N-dealkylation sites (tertiary alicyclic amines) is 1. The van der Waals surface area contributed by atoms with Crippen molar-refractivity contribution in [3.63, 3.8) is 0 Å². The maximum absolute atomic E-state index is 12.5. The second kappa shape index (κ2) is 6.11. The molecule has 1 aliphatic carbocycles. The monoisotopic (exact) mass is 295 g/mol. The van der Waals surface area contributed by atoms with Crippen molar-refractivity contribution in [3.05, 3.63) is 0 Å². The van der Waals surface area contributed by atoms with Gasteiger partial charge in [0.1, 0.15) is 0 Å². The van der Waals surface area contributed by atoms with E-state index < -0.39 is 0 Å². The number of aryl methyl sites for hydroxylation is 1. The molecule has 1 aliphatic heterocycles. The molecule has 20 heavy (non-hydrogen) atoms. The normalized spacial score (nSPS) is 26.4. The number of thioether (sulfide) groups is 1. The molecule has 1 saturated heterocycles. The molecule has 2 fully saturated rings. The zero-order valence-electron chi connectivity index (χ0n) is 11.9. The number of piperidine rings is 1. The van der Waals surface area contributed by atoms with Crippen LogP contribution in [-0.2, 0) is 11.8 Å². The number of aromatic nitrogens is 4. The molecule has 2 unspecified atom stereocenters. The van der Waals surface area contributed by atoms with Crippen LogP contribution in [0.4, 0.5) is 0 Å². The second-order valence-corrected chi connectivity index (χ2v) is 6.66. The van der Waals surface area contributed by atoms with E-state index in [0.29, 0.717) is 17.0 Å². The van der Waals surface area contributed by atoms with Crippen molar-refractivity contribution >= 4 is 17.7 Å². The van der Waals surface area contributed by atoms with E-state index in [1.165, 1.54) is 43.9 Å². The number of carbonyl (C=O) groups is 1. The van der Waals surface area contributed by atoms with E-state index in [9.17, 15) is 4.79 Å². The van der Waals surface area contributed by atoms with Crippen LogP contribution in [0.5, 0.6) is 0 Å². The van der Waals surface area contributed by atoms with Gasteiger partial charge in [0, 0.05) is 19.6 Å². The van der Waals surface area contributed by atoms with Crippen LogP contribution in [0.25, 0.3) is 0 Å². The Labute approximate surface area is 123 Å². The summed E-state index contributed by atoms with van der Waals surface area (Å²) in [5, 5.41) is 12.0. The summed E-state index contributed by atoms with van der Waals surface area (Å²) in [5.74, 6) is 1.43. The van der Waals surface area contributed by atoms with Crippen LogP contribution in [0.2, 0.25) is 0 Å². The van der Waals surface area contributed by atoms with Gasteiger partial charge in [0.2, 0.25) is 11.1 Å². The molecule has 0 radical (unpaired) electrons. The van der Waals surface area contributed by atoms with Gasteiger partial charge in [0.25, 0.3) is 0 Å². The Morgan fingerprint density at radius 2 is 2.10 bits per heavy atom. The molecule has 0 bridgehead atoms. The first-order valence-corrected chi connectivity index (χ1v) is 8.39. The molecule has 7 heteroatoms. The molecule has 0 aromatic carbocycles. The molecule has 6 nitrogen and oxygen atoms in total. The first-order chi connectivity index (χ1) is 9.75. The van der Waals surface area contributed by atoms with Gasteiger partial charge in [-0.1, -0.05) is 24.6 Å². The second-order valence-electron chi connectivity index (χ2n) is 5.71. The molecule has 2 heterocycles. The van der Waals surface area contributed by atoms with E-state index in [-0.39, 0.29) is 5.91 Å². The van der Waals surface area contributed by atoms with Gasteiger partial charge in [-0.25, -0.2) is 4.68 Å². The highest BCUT2D eigenvalue weighted by Gasteiger charge is 2.35. The van der Waals surface area contributed by atoms with E-state index in [2.05, 4.69) is 20.4 Å². The minimum Gasteiger partial charge on any atom is -0.339 e. The summed E-state index contributed by atoms with van der Waals surface area (Å²) in [6.07, 6.45) is 7.55. The lowest BCUT2D eigenvalue weighted by Crippen LogP contribution is -2.50. The predicted octanol–water partition coefficient (Wildman–Crippen LogP) is 1.48. The summed E-state index contributed by atoms with van der Waals surface area (Å²) in [4.78, 5) is 14.6. The van der Waals surface area contributed by atoms with Gasteiger partial charge < -0.3 is 4.90 Å². The third-order valence-corrected chi connectivity index (χ3v) is 5.46. The van der Waals surface area contributed by atoms with Crippen LogP contribution in [0.15, 0.2) is 5.16 Å². The first-order valence-electron chi connectivity index (χ1n) is 7.40. The van der Waals surface area contributed by atoms with Gasteiger partial charge in [0.05, 0.1) is 5.75 Å². The molecule has 1 saturated carbocycles. The molecule has 2 atom stereocenters. The minimum absolute atomic E-state index is 0.245. The van der Waals surface area contributed by atoms with Crippen molar-refractivity contribution in [3.8, 4) is 0 Å². The lowest BCUT2D eigenvalue weighted by molar-refractivity contribution is -0.134. The summed E-state index contributed by atoms with van der Waals surface area (Å²) >= 11 is 1.43. The third-order valence-electron chi connectivity index (χ3n) is 4.47. The fourth-order valence-corrected chi connectivity index (χ4v) is 4.22. The lowest BCUT2D eigenvalue weighted by atomic mass is 9.78. The van der Waals surface area contributed by atoms with E-state index in [0.717, 1.165) is 18.9 Å². The van der Waals surface area contributed by atoms with E-state index in [1.807, 2.05) is 0 Å². The van der Waals surface area contributed by atoms with Crippen molar-refractivity contribution in [1.29, 1.82) is 0 Å². The van der Waals surface area contributed by atoms with Crippen LogP contribution >= 0.6 is 11.8 Å². The Morgan fingerprint density at radius 3 is 2.90 bits per heavy atom. The first kappa shape index (κ1) is 13.9. The number of fused-ring (bicyclic) bond motifs is 1. The Bertz CT molecular complexity index is 475. The van der Waals surface area contributed by atoms with Crippen molar-refractivity contribution in [2.45, 2.75) is 49.7 Å². The summed E-state index contributed by atoms with van der Waals surface area (Å²) in [7, 11) is 1.80. The maximum atomic E-state index is 12.5. The van der Waals surface area contributed by atoms with Crippen LogP contribution in [0.1, 0.15) is 38.5 Å². The highest BCUT2D eigenvalue weighted by Crippen LogP contribution is 2.35. The zero-order valence-corrected chi connectivity index (χ0v) is 12.7. The van der Waals surface area contributed by atoms with Gasteiger partial charge in [-0.05, 0) is 42.0 Å². The van der Waals surface area contributed by atoms with Crippen molar-refractivity contribution in [1.82, 2.24) is 25.1 Å². The molecule has 2 aliphatic rings. The van der Waals surface area contributed by atoms with E-state index >= 15 is 0 Å². The van der Waals surface area contributed by atoms with Gasteiger partial charge >= 0.3 is 0 Å². The Balaban J connectivity index is 1.59. The Hall–Kier alpha value is -1.11. The Morgan fingerprint density at radius 1 is 1.30 bits per heavy atom. The fourth-order valence-electron chi connectivity index (χ4n) is 3.49. The topological polar surface area (TPSA) is 63.9 Å². The largest absolute Gasteiger partial charge is 0.339 e. The number of nitrogens with zero attached hydrogens (tertiary/aromatic N) is 5. The lowest BCUT2D eigenvalue weighted by Gasteiger charge is -2.44. The summed E-state index contributed by atoms with van der Waals surface area (Å²) in [6.45, 7) is 0.928. The van der Waals surface area contributed by atoms with Crippen molar-refractivity contribution in [2.24, 2.45) is 13.0 Å². The molecule has 3 rings (SSSR count). The van der Waals surface area contributed by atoms with Crippen LogP contribution < -0.4 is 0 Å². The Kier molecular flexibility index (Phi) is 4.24. The summed E-state index contributed by atoms with van der Waals surface area (Å²) in [6, 6.07) is 0.489. The quantitative estimate of drug-likeness (QED) is 0.790. The average Bonchev–Trinajstić information content (AvgIpc) is 2.89. The zero-order chi connectivity index (χ0) is 13.9. The fraction of sp³-hybridized carbons (Fsp3) is 0.846. The molecule has 1 amide bonds. The van der Waals surface area contributed by atoms with Gasteiger partial charge in [-0.3, -0.25) is 4.79 Å². The molecule has 1 aromatic rings. The smallest absolute Gasteiger partial charge is 0.233 e. The predicted molar refractivity (Wildman–Crippen MR) is 76.2 cm³/mol. The highest BCUT2D eigenvalue weighted by atomic mass is 32.2. The summed E-state index contributed by atoms with van der Waals surface area (Å²) in [5.41, 5.74) is 0. The van der Waals surface area contributed by atoms with E-state index in [1.54, 1.807) is 11.7 Å². The molecule has 110 valence electrons. The minimum atomic E-state index is 0.245. The number of hydrogen-bond acceptors (Lipinski definition) is 5. The van der Waals surface area contributed by atoms with Gasteiger partial charge in [-0.15, -0.1) is 5.10 Å². The SMILES string of the molecule is Cn1nnnc1SCC(=O)N1CCCC2CCCCC21. The maximum Gasteiger partial charge on any atom is 0.233 e. The molecule has 1 aromatic heterocycles. The number of hydrogen-bond donors (Lipinski definition) is 0. The number of carbonyl (C=O) groups excluding carboxylic acids is 1. The number of tetrazole rings is 1. The van der Waals surface area contributed by atoms with Gasteiger partial charge in [-0.2, -0.15) is 0 Å². The number of rotatable bonds is 3. The molecule has 0 N–H and O–H groups in total. The molecular formula is C13H21N5OS. The van der Waals surface area contributed by atoms with Crippen LogP contribution in [0.3, 0.4) is 0 Å². The molecular weight excluding hydrogens is 274 g/mol. The van der Waals surface area contributed by atoms with Crippen molar-refractivity contribution in [2.75, 3.05) is 12.3 Å². The third kappa shape index (κ3) is 2.82. The standard InChI is InChI=1S/C13H21N5OS/c1-17-13(14-15-16-17)20-9-12(19)18-8-4-6-10-5-2-3-7-11(10)18/h10-11H,2-9H2,1H3. The van der Waals surface area contributed by atoms with Gasteiger partial charge in [0.15, 0.2) is 0 Å². The van der Waals surface area contributed by atoms with E-state index in [4.69, 9.17) is 0 Å². The van der Waals surface area contributed by atoms with Crippen molar-refractivity contribution < 1.29 is 4.79 Å².